The molecule has 0 saturated heterocycles. The third kappa shape index (κ3) is 8.64. The second-order valence-electron chi connectivity index (χ2n) is 15.1. The van der Waals surface area contributed by atoms with Crippen molar-refractivity contribution in [3.05, 3.63) is 93.0 Å². The van der Waals surface area contributed by atoms with Crippen LogP contribution in [0.15, 0.2) is 48.5 Å². The van der Waals surface area contributed by atoms with Crippen LogP contribution in [0.1, 0.15) is 44.5 Å². The molecule has 7 aromatic rings. The monoisotopic (exact) mass is 1120 g/mol. The maximum Gasteiger partial charge on any atom is 2.00 e. The van der Waals surface area contributed by atoms with Crippen LogP contribution in [-0.4, -0.2) is 29.9 Å². The topological polar surface area (TPSA) is 106 Å². The summed E-state index contributed by atoms with van der Waals surface area (Å²) in [5, 5.41) is -7.98. The SMILES string of the molecule is FC(F)(F)c1ccc(C(F)(F)F)c2c1-c1nc-2nc2[n-]c(nc3nc(nc4[n-]c(n1)c1c(C(F)(F)F)ccc(C(F)(F)F)c41)-c1c(C(F)(F)F)ccc(C(F)(F)F)c1-3)c1c(C(F)(F)F)ccc(C(F)(F)F)c21.[Cu+2]. The average Bonchev–Trinajstić information content (AvgIpc) is 3.95. The third-order valence-corrected chi connectivity index (χ3v) is 10.7. The van der Waals surface area contributed by atoms with Crippen molar-refractivity contribution in [1.82, 2.24) is 39.9 Å². The van der Waals surface area contributed by atoms with Crippen LogP contribution in [-0.2, 0) is 66.5 Å². The summed E-state index contributed by atoms with van der Waals surface area (Å²) in [6.45, 7) is 0. The van der Waals surface area contributed by atoms with Gasteiger partial charge in [-0.15, -0.1) is 0 Å². The number of benzene rings is 4. The van der Waals surface area contributed by atoms with Gasteiger partial charge in [0.05, 0.1) is 67.8 Å². The van der Waals surface area contributed by atoms with E-state index in [-0.39, 0.29) is 65.6 Å². The standard InChI is InChI=1S/C40H8F24N8.Cu/c41-33(42,43)9-1-2-10(34(44,45)46)18-17(9)25-65-26(18)70-28-21-13(37(53,54)55)5-6-14(38(56,57)58)22(21)30(67-28)72-32-24-16(40(62,63)64)8-7-15(39(59,60)61)23(24)31(68-32)71-29-20-12(36(50,51)52)4-3-11(35(47,48)49)19(20)27(66-29)69-25;/h1-8H;/q-2;+2. The van der Waals surface area contributed by atoms with Gasteiger partial charge in [-0.2, -0.15) is 105 Å². The molecule has 0 aliphatic carbocycles. The van der Waals surface area contributed by atoms with Gasteiger partial charge < -0.3 is 29.9 Å². The zero-order chi connectivity index (χ0) is 53.2. The van der Waals surface area contributed by atoms with E-state index in [9.17, 15) is 105 Å². The van der Waals surface area contributed by atoms with Crippen molar-refractivity contribution >= 4 is 44.1 Å². The summed E-state index contributed by atoms with van der Waals surface area (Å²) in [6.07, 6.45) is -47.2. The summed E-state index contributed by atoms with van der Waals surface area (Å²) in [5.41, 5.74) is -34.0. The van der Waals surface area contributed by atoms with Crippen LogP contribution in [0.4, 0.5) is 105 Å². The normalized spacial score (nSPS) is 13.9. The van der Waals surface area contributed by atoms with E-state index in [1.165, 1.54) is 0 Å². The molecule has 9 rings (SSSR count). The summed E-state index contributed by atoms with van der Waals surface area (Å²) >= 11 is 0. The van der Waals surface area contributed by atoms with Gasteiger partial charge in [-0.25, -0.2) is 9.97 Å². The first kappa shape index (κ1) is 52.4. The molecule has 8 nitrogen and oxygen atoms in total. The third-order valence-electron chi connectivity index (χ3n) is 10.7. The van der Waals surface area contributed by atoms with E-state index in [1.807, 2.05) is 0 Å². The number of alkyl halides is 24. The number of hydrogen-bond acceptors (Lipinski definition) is 6. The van der Waals surface area contributed by atoms with Crippen LogP contribution in [0.5, 0.6) is 0 Å². The van der Waals surface area contributed by atoms with Crippen molar-refractivity contribution in [3.63, 3.8) is 0 Å². The Morgan fingerprint density at radius 1 is 0.233 bits per heavy atom. The number of halogens is 24. The Bertz CT molecular complexity index is 3180. The number of fused-ring (bicyclic) bond motifs is 20. The first-order valence-corrected chi connectivity index (χ1v) is 18.8. The molecule has 0 fully saturated rings. The van der Waals surface area contributed by atoms with Crippen LogP contribution >= 0.6 is 0 Å². The Morgan fingerprint density at radius 3 is 0.534 bits per heavy atom. The van der Waals surface area contributed by atoms with Crippen LogP contribution < -0.4 is 9.97 Å². The van der Waals surface area contributed by atoms with Gasteiger partial charge in [-0.3, -0.25) is 0 Å². The fourth-order valence-electron chi connectivity index (χ4n) is 8.06. The molecule has 0 unspecified atom stereocenters. The second kappa shape index (κ2) is 16.0. The van der Waals surface area contributed by atoms with E-state index >= 15 is 0 Å². The smallest absolute Gasteiger partial charge is 0.357 e. The van der Waals surface area contributed by atoms with Gasteiger partial charge in [-0.05, 0) is 48.5 Å². The van der Waals surface area contributed by atoms with Crippen LogP contribution in [0, 0.1) is 0 Å². The zero-order valence-electron chi connectivity index (χ0n) is 33.6. The summed E-state index contributed by atoms with van der Waals surface area (Å²) in [7, 11) is 0. The van der Waals surface area contributed by atoms with E-state index in [0.29, 0.717) is 0 Å². The van der Waals surface area contributed by atoms with Crippen molar-refractivity contribution in [2.24, 2.45) is 0 Å². The first-order valence-electron chi connectivity index (χ1n) is 18.8. The summed E-state index contributed by atoms with van der Waals surface area (Å²) < 4.78 is 355. The first-order chi connectivity index (χ1) is 32.8. The molecule has 0 amide bonds. The van der Waals surface area contributed by atoms with Crippen molar-refractivity contribution in [3.8, 4) is 45.6 Å². The predicted octanol–water partition coefficient (Wildman–Crippen LogP) is 14.3. The van der Waals surface area contributed by atoms with E-state index in [1.54, 1.807) is 0 Å². The number of hydrogen-bond donors (Lipinski definition) is 0. The fourth-order valence-corrected chi connectivity index (χ4v) is 8.06. The average molecular weight is 1120 g/mol. The molecule has 0 atom stereocenters. The Kier molecular flexibility index (Phi) is 11.5. The molecule has 3 aromatic heterocycles. The summed E-state index contributed by atoms with van der Waals surface area (Å²) in [6, 6.07) is -2.67. The second-order valence-corrected chi connectivity index (χ2v) is 15.1. The maximum atomic E-state index is 14.8. The summed E-state index contributed by atoms with van der Waals surface area (Å²) in [5.74, 6) is -7.81. The van der Waals surface area contributed by atoms with E-state index < -0.39 is 184 Å². The molecular formula is C40H8CuF24N8. The molecular weight excluding hydrogens is 1110 g/mol. The Labute approximate surface area is 394 Å². The molecule has 0 saturated carbocycles. The van der Waals surface area contributed by atoms with E-state index in [4.69, 9.17) is 0 Å². The number of nitrogens with zero attached hydrogens (tertiary/aromatic N) is 8. The Hall–Kier alpha value is -6.92. The molecule has 2 aliphatic heterocycles. The molecule has 33 heteroatoms. The van der Waals surface area contributed by atoms with Gasteiger partial charge in [0.25, 0.3) is 0 Å². The fraction of sp³-hybridized carbons (Fsp3) is 0.200. The minimum absolute atomic E-state index is 0. The van der Waals surface area contributed by atoms with Gasteiger partial charge in [0.15, 0.2) is 0 Å². The van der Waals surface area contributed by atoms with Gasteiger partial charge in [-0.1, -0.05) is 0 Å². The molecule has 0 spiro atoms. The van der Waals surface area contributed by atoms with Gasteiger partial charge in [0, 0.05) is 66.4 Å². The van der Waals surface area contributed by atoms with E-state index in [0.717, 1.165) is 0 Å². The molecule has 5 heterocycles. The van der Waals surface area contributed by atoms with Crippen molar-refractivity contribution in [1.29, 1.82) is 0 Å². The molecule has 387 valence electrons. The molecule has 73 heavy (non-hydrogen) atoms. The molecule has 0 N–H and O–H groups in total. The number of aromatic nitrogens is 8. The van der Waals surface area contributed by atoms with Crippen LogP contribution in [0.3, 0.4) is 0 Å². The quantitative estimate of drug-likeness (QED) is 0.109. The molecule has 1 radical (unpaired) electrons. The molecule has 4 aromatic carbocycles. The van der Waals surface area contributed by atoms with Gasteiger partial charge >= 0.3 is 66.5 Å². The Morgan fingerprint density at radius 2 is 0.384 bits per heavy atom. The van der Waals surface area contributed by atoms with Crippen LogP contribution in [0.25, 0.3) is 89.7 Å². The minimum Gasteiger partial charge on any atom is -0.357 e. The molecule has 8 bridgehead atoms. The Balaban J connectivity index is 0.00000711. The number of rotatable bonds is 0. The van der Waals surface area contributed by atoms with Gasteiger partial charge in [0.2, 0.25) is 0 Å². The van der Waals surface area contributed by atoms with Crippen LogP contribution in [0.2, 0.25) is 0 Å². The van der Waals surface area contributed by atoms with Gasteiger partial charge in [0.1, 0.15) is 0 Å². The zero-order valence-corrected chi connectivity index (χ0v) is 34.5. The maximum absolute atomic E-state index is 14.8. The van der Waals surface area contributed by atoms with Crippen molar-refractivity contribution in [2.75, 3.05) is 0 Å². The van der Waals surface area contributed by atoms with Crippen molar-refractivity contribution < 1.29 is 122 Å². The largest absolute Gasteiger partial charge is 2.00 e. The summed E-state index contributed by atoms with van der Waals surface area (Å²) in [4.78, 5) is 26.9. The minimum atomic E-state index is -5.91. The van der Waals surface area contributed by atoms with E-state index in [2.05, 4.69) is 39.9 Å². The van der Waals surface area contributed by atoms with Crippen molar-refractivity contribution in [2.45, 2.75) is 49.4 Å². The predicted molar refractivity (Wildman–Crippen MR) is 194 cm³/mol. The molecule has 2 aliphatic rings.